The number of nitrogens with zero attached hydrogens (tertiary/aromatic N) is 4. The summed E-state index contributed by atoms with van der Waals surface area (Å²) in [5, 5.41) is 5.38. The van der Waals surface area contributed by atoms with Gasteiger partial charge in [0.2, 0.25) is 15.9 Å². The van der Waals surface area contributed by atoms with Gasteiger partial charge in [-0.05, 0) is 39.7 Å². The monoisotopic (exact) mass is 412 g/mol. The molecule has 7 nitrogen and oxygen atoms in total. The number of sulfonamides is 1. The van der Waals surface area contributed by atoms with Gasteiger partial charge in [-0.2, -0.15) is 5.10 Å². The summed E-state index contributed by atoms with van der Waals surface area (Å²) in [6.07, 6.45) is 3.53. The highest BCUT2D eigenvalue weighted by Gasteiger charge is 2.36. The van der Waals surface area contributed by atoms with Crippen LogP contribution in [0.15, 0.2) is 5.03 Å². The van der Waals surface area contributed by atoms with Crippen LogP contribution in [0.25, 0.3) is 6.08 Å². The topological polar surface area (TPSA) is 75.5 Å². The molecule has 3 heterocycles. The van der Waals surface area contributed by atoms with Crippen molar-refractivity contribution in [3.05, 3.63) is 22.0 Å². The number of aromatic nitrogens is 2. The van der Waals surface area contributed by atoms with E-state index in [1.54, 1.807) is 18.7 Å². The molecular weight excluding hydrogens is 384 g/mol. The fourth-order valence-electron chi connectivity index (χ4n) is 3.69. The second kappa shape index (κ2) is 7.97. The third kappa shape index (κ3) is 4.09. The Hall–Kier alpha value is -1.32. The minimum atomic E-state index is -3.25. The average Bonchev–Trinajstić information content (AvgIpc) is 3.21. The molecule has 1 atom stereocenters. The molecule has 27 heavy (non-hydrogen) atoms. The van der Waals surface area contributed by atoms with E-state index >= 15 is 0 Å². The number of hydrogen-bond acceptors (Lipinski definition) is 5. The highest BCUT2D eigenvalue weighted by Crippen LogP contribution is 2.34. The van der Waals surface area contributed by atoms with Gasteiger partial charge in [-0.3, -0.25) is 9.48 Å². The molecule has 0 aliphatic carbocycles. The van der Waals surface area contributed by atoms with Gasteiger partial charge in [0.15, 0.2) is 0 Å². The lowest BCUT2D eigenvalue weighted by molar-refractivity contribution is -0.133. The number of amides is 1. The zero-order valence-electron chi connectivity index (χ0n) is 16.4. The quantitative estimate of drug-likeness (QED) is 0.756. The first-order valence-corrected chi connectivity index (χ1v) is 12.0. The average molecular weight is 413 g/mol. The van der Waals surface area contributed by atoms with E-state index < -0.39 is 10.0 Å². The van der Waals surface area contributed by atoms with Gasteiger partial charge in [-0.1, -0.05) is 0 Å². The molecular formula is C18H28N4O3S2. The van der Waals surface area contributed by atoms with Crippen molar-refractivity contribution in [1.29, 1.82) is 0 Å². The number of rotatable bonds is 4. The summed E-state index contributed by atoms with van der Waals surface area (Å²) in [4.78, 5) is 15.0. The van der Waals surface area contributed by atoms with Crippen LogP contribution in [-0.4, -0.2) is 64.5 Å². The molecule has 0 spiro atoms. The molecule has 2 saturated heterocycles. The molecule has 2 aliphatic heterocycles. The molecule has 2 aliphatic rings. The number of aryl methyl sites for hydroxylation is 2. The Labute approximate surface area is 165 Å². The van der Waals surface area contributed by atoms with Crippen LogP contribution in [0.4, 0.5) is 0 Å². The Morgan fingerprint density at radius 2 is 2.07 bits per heavy atom. The van der Waals surface area contributed by atoms with Crippen molar-refractivity contribution >= 4 is 33.8 Å². The second-order valence-electron chi connectivity index (χ2n) is 7.13. The lowest BCUT2D eigenvalue weighted by atomic mass is 9.98. The lowest BCUT2D eigenvalue weighted by Crippen LogP contribution is -2.46. The van der Waals surface area contributed by atoms with E-state index in [-0.39, 0.29) is 17.6 Å². The van der Waals surface area contributed by atoms with E-state index in [0.717, 1.165) is 40.6 Å². The van der Waals surface area contributed by atoms with Gasteiger partial charge in [0.05, 0.1) is 22.4 Å². The Bertz CT molecular complexity index is 860. The van der Waals surface area contributed by atoms with E-state index in [4.69, 9.17) is 0 Å². The van der Waals surface area contributed by atoms with Gasteiger partial charge in [0, 0.05) is 43.7 Å². The van der Waals surface area contributed by atoms with Crippen molar-refractivity contribution < 1.29 is 13.2 Å². The normalized spacial score (nSPS) is 23.3. The highest BCUT2D eigenvalue weighted by atomic mass is 32.2. The number of carbonyl (C=O) groups is 1. The van der Waals surface area contributed by atoms with E-state index in [1.807, 2.05) is 30.5 Å². The van der Waals surface area contributed by atoms with Gasteiger partial charge in [-0.25, -0.2) is 12.7 Å². The number of thioether (sulfide) groups is 1. The maximum Gasteiger partial charge on any atom is 0.231 e. The summed E-state index contributed by atoms with van der Waals surface area (Å²) < 4.78 is 27.7. The smallest absolute Gasteiger partial charge is 0.231 e. The van der Waals surface area contributed by atoms with Gasteiger partial charge in [0.25, 0.3) is 0 Å². The molecule has 1 aromatic heterocycles. The van der Waals surface area contributed by atoms with Crippen LogP contribution in [0, 0.1) is 19.8 Å². The minimum absolute atomic E-state index is 0.0430. The number of carbonyl (C=O) groups excluding carboxylic acids is 1. The molecule has 0 bridgehead atoms. The molecule has 0 radical (unpaired) electrons. The SMILES string of the molecule is CCS(=O)(=O)N1CCCC(C(=O)N2CCS/C2=C/c2c(C)nn(C)c2C)C1. The second-order valence-corrected chi connectivity index (χ2v) is 10.5. The molecule has 0 aromatic carbocycles. The molecule has 2 fully saturated rings. The predicted molar refractivity (Wildman–Crippen MR) is 109 cm³/mol. The Kier molecular flexibility index (Phi) is 6.02. The van der Waals surface area contributed by atoms with Crippen LogP contribution in [0.3, 0.4) is 0 Å². The minimum Gasteiger partial charge on any atom is -0.306 e. The van der Waals surface area contributed by atoms with Crippen molar-refractivity contribution in [3.63, 3.8) is 0 Å². The first-order chi connectivity index (χ1) is 12.7. The molecule has 3 rings (SSSR count). The van der Waals surface area contributed by atoms with Crippen molar-refractivity contribution in [3.8, 4) is 0 Å². The van der Waals surface area contributed by atoms with Gasteiger partial charge >= 0.3 is 0 Å². The van der Waals surface area contributed by atoms with Crippen LogP contribution < -0.4 is 0 Å². The molecule has 150 valence electrons. The van der Waals surface area contributed by atoms with E-state index in [0.29, 0.717) is 19.6 Å². The molecule has 1 amide bonds. The zero-order valence-corrected chi connectivity index (χ0v) is 18.1. The molecule has 1 aromatic rings. The first kappa shape index (κ1) is 20.4. The van der Waals surface area contributed by atoms with Crippen LogP contribution in [0.5, 0.6) is 0 Å². The van der Waals surface area contributed by atoms with E-state index in [1.165, 1.54) is 4.31 Å². The largest absolute Gasteiger partial charge is 0.306 e. The van der Waals surface area contributed by atoms with Crippen molar-refractivity contribution in [2.75, 3.05) is 31.1 Å². The van der Waals surface area contributed by atoms with E-state index in [9.17, 15) is 13.2 Å². The van der Waals surface area contributed by atoms with Crippen molar-refractivity contribution in [1.82, 2.24) is 19.0 Å². The Balaban J connectivity index is 1.80. The maximum atomic E-state index is 13.2. The predicted octanol–water partition coefficient (Wildman–Crippen LogP) is 1.97. The fourth-order valence-corrected chi connectivity index (χ4v) is 5.89. The summed E-state index contributed by atoms with van der Waals surface area (Å²) >= 11 is 1.67. The standard InChI is InChI=1S/C18H28N4O3S2/c1-5-27(24,25)21-8-6-7-15(12-21)18(23)22-9-10-26-17(22)11-16-13(2)19-20(4)14(16)3/h11,15H,5-10,12H2,1-4H3/b17-11+. The molecule has 0 saturated carbocycles. The van der Waals surface area contributed by atoms with E-state index in [2.05, 4.69) is 11.2 Å². The third-order valence-corrected chi connectivity index (χ3v) is 8.29. The Morgan fingerprint density at radius 1 is 1.33 bits per heavy atom. The first-order valence-electron chi connectivity index (χ1n) is 9.38. The number of piperidine rings is 1. The summed E-state index contributed by atoms with van der Waals surface area (Å²) in [7, 11) is -1.33. The third-order valence-electron chi connectivity index (χ3n) is 5.42. The van der Waals surface area contributed by atoms with Crippen LogP contribution >= 0.6 is 11.8 Å². The molecule has 9 heteroatoms. The number of hydrogen-bond donors (Lipinski definition) is 0. The van der Waals surface area contributed by atoms with Crippen LogP contribution in [-0.2, 0) is 21.9 Å². The summed E-state index contributed by atoms with van der Waals surface area (Å²) in [5.41, 5.74) is 3.07. The summed E-state index contributed by atoms with van der Waals surface area (Å²) in [5.74, 6) is 0.720. The maximum absolute atomic E-state index is 13.2. The Morgan fingerprint density at radius 3 is 2.70 bits per heavy atom. The summed E-state index contributed by atoms with van der Waals surface area (Å²) in [6.45, 7) is 7.13. The molecule has 1 unspecified atom stereocenters. The van der Waals surface area contributed by atoms with Crippen molar-refractivity contribution in [2.45, 2.75) is 33.6 Å². The van der Waals surface area contributed by atoms with Crippen molar-refractivity contribution in [2.24, 2.45) is 13.0 Å². The zero-order chi connectivity index (χ0) is 19.8. The van der Waals surface area contributed by atoms with Gasteiger partial charge in [-0.15, -0.1) is 11.8 Å². The van der Waals surface area contributed by atoms with Crippen LogP contribution in [0.2, 0.25) is 0 Å². The van der Waals surface area contributed by atoms with Gasteiger partial charge in [0.1, 0.15) is 0 Å². The van der Waals surface area contributed by atoms with Crippen LogP contribution in [0.1, 0.15) is 36.7 Å². The van der Waals surface area contributed by atoms with Gasteiger partial charge < -0.3 is 4.90 Å². The fraction of sp³-hybridized carbons (Fsp3) is 0.667. The highest BCUT2D eigenvalue weighted by molar-refractivity contribution is 8.03. The molecule has 0 N–H and O–H groups in total. The lowest BCUT2D eigenvalue weighted by Gasteiger charge is -2.33. The summed E-state index contributed by atoms with van der Waals surface area (Å²) in [6, 6.07) is 0.